The number of rotatable bonds is 10. The number of carbonyl (C=O) groups excluding carboxylic acids is 3. The smallest absolute Gasteiger partial charge is 0.328 e. The summed E-state index contributed by atoms with van der Waals surface area (Å²) in [6, 6.07) is 2.68. The van der Waals surface area contributed by atoms with Crippen LogP contribution in [-0.2, 0) is 25.6 Å². The second-order valence-electron chi connectivity index (χ2n) is 6.07. The molecule has 0 bridgehead atoms. The molecule has 0 heterocycles. The molecule has 0 saturated carbocycles. The molecule has 3 atom stereocenters. The maximum Gasteiger partial charge on any atom is 0.328 e. The number of carbonyl (C=O) groups is 4. The molecule has 154 valence electrons. The van der Waals surface area contributed by atoms with Gasteiger partial charge in [-0.3, -0.25) is 14.4 Å². The minimum Gasteiger partial charge on any atom is -0.508 e. The van der Waals surface area contributed by atoms with E-state index in [4.69, 9.17) is 15.9 Å². The van der Waals surface area contributed by atoms with E-state index in [-0.39, 0.29) is 12.2 Å². The number of nitrogens with one attached hydrogen (secondary N) is 3. The minimum atomic E-state index is -1.48. The number of carboxylic acid groups (broad SMARTS) is 1. The minimum absolute atomic E-state index is 0.0882. The Morgan fingerprint density at radius 3 is 2.21 bits per heavy atom. The van der Waals surface area contributed by atoms with Crippen LogP contribution in [0.3, 0.4) is 0 Å². The van der Waals surface area contributed by atoms with Gasteiger partial charge >= 0.3 is 5.97 Å². The fourth-order valence-corrected chi connectivity index (χ4v) is 2.12. The Bertz CT molecular complexity index is 708. The van der Waals surface area contributed by atoms with Gasteiger partial charge < -0.3 is 37.0 Å². The van der Waals surface area contributed by atoms with Crippen LogP contribution >= 0.6 is 0 Å². The molecule has 0 aliphatic carbocycles. The summed E-state index contributed by atoms with van der Waals surface area (Å²) in [5, 5.41) is 33.5. The molecular formula is C17H24N4O7. The summed E-state index contributed by atoms with van der Waals surface area (Å²) in [4.78, 5) is 46.4. The van der Waals surface area contributed by atoms with Crippen molar-refractivity contribution in [1.82, 2.24) is 16.0 Å². The van der Waals surface area contributed by atoms with Gasteiger partial charge in [0.05, 0.1) is 19.2 Å². The summed E-state index contributed by atoms with van der Waals surface area (Å²) >= 11 is 0. The van der Waals surface area contributed by atoms with Gasteiger partial charge in [-0.25, -0.2) is 4.79 Å². The molecule has 0 saturated heterocycles. The summed E-state index contributed by atoms with van der Waals surface area (Å²) in [7, 11) is 0. The number of benzene rings is 1. The first-order chi connectivity index (χ1) is 13.1. The zero-order chi connectivity index (χ0) is 21.3. The van der Waals surface area contributed by atoms with E-state index in [1.165, 1.54) is 19.1 Å². The fraction of sp³-hybridized carbons (Fsp3) is 0.412. The summed E-state index contributed by atoms with van der Waals surface area (Å²) in [6.45, 7) is 0.0979. The molecule has 28 heavy (non-hydrogen) atoms. The van der Waals surface area contributed by atoms with Crippen molar-refractivity contribution in [3.8, 4) is 5.75 Å². The van der Waals surface area contributed by atoms with E-state index in [1.807, 2.05) is 0 Å². The van der Waals surface area contributed by atoms with E-state index in [1.54, 1.807) is 12.1 Å². The van der Waals surface area contributed by atoms with Crippen LogP contribution in [0.25, 0.3) is 0 Å². The Kier molecular flexibility index (Phi) is 8.85. The van der Waals surface area contributed by atoms with Crippen molar-refractivity contribution < 1.29 is 34.5 Å². The van der Waals surface area contributed by atoms with Crippen LogP contribution < -0.4 is 21.7 Å². The van der Waals surface area contributed by atoms with Gasteiger partial charge in [-0.1, -0.05) is 12.1 Å². The number of hydrogen-bond donors (Lipinski definition) is 7. The number of phenolic OH excluding ortho intramolecular Hbond substituents is 1. The summed E-state index contributed by atoms with van der Waals surface area (Å²) in [5.41, 5.74) is 6.50. The molecule has 1 aromatic rings. The van der Waals surface area contributed by atoms with Crippen LogP contribution in [0, 0.1) is 0 Å². The zero-order valence-electron chi connectivity index (χ0n) is 15.2. The predicted molar refractivity (Wildman–Crippen MR) is 97.1 cm³/mol. The van der Waals surface area contributed by atoms with Gasteiger partial charge in [0.15, 0.2) is 0 Å². The average Bonchev–Trinajstić information content (AvgIpc) is 2.65. The molecule has 0 aromatic heterocycles. The van der Waals surface area contributed by atoms with Crippen LogP contribution in [-0.4, -0.2) is 70.3 Å². The largest absolute Gasteiger partial charge is 0.508 e. The number of carboxylic acids is 1. The van der Waals surface area contributed by atoms with Gasteiger partial charge in [-0.05, 0) is 31.0 Å². The first-order valence-corrected chi connectivity index (χ1v) is 8.38. The van der Waals surface area contributed by atoms with E-state index in [0.717, 1.165) is 5.56 Å². The van der Waals surface area contributed by atoms with Crippen molar-refractivity contribution >= 4 is 23.7 Å². The van der Waals surface area contributed by atoms with E-state index in [2.05, 4.69) is 16.0 Å². The Morgan fingerprint density at radius 1 is 1.07 bits per heavy atom. The van der Waals surface area contributed by atoms with Crippen molar-refractivity contribution in [2.75, 3.05) is 13.2 Å². The number of phenols is 1. The van der Waals surface area contributed by atoms with Crippen LogP contribution in [0.5, 0.6) is 5.75 Å². The lowest BCUT2D eigenvalue weighted by molar-refractivity contribution is -0.143. The topological polar surface area (TPSA) is 191 Å². The number of nitrogens with two attached hydrogens (primary N) is 1. The third kappa shape index (κ3) is 7.60. The SMILES string of the molecule is C[C@H](NC(=O)CNC(=O)[C@@H](N)Cc1ccc(O)cc1)C(=O)N[C@@H](CO)C(=O)O. The Labute approximate surface area is 160 Å². The maximum atomic E-state index is 12.0. The summed E-state index contributed by atoms with van der Waals surface area (Å²) < 4.78 is 0. The molecular weight excluding hydrogens is 372 g/mol. The monoisotopic (exact) mass is 396 g/mol. The molecule has 8 N–H and O–H groups in total. The molecule has 0 aliphatic rings. The Morgan fingerprint density at radius 2 is 1.68 bits per heavy atom. The lowest BCUT2D eigenvalue weighted by atomic mass is 10.1. The molecule has 0 fully saturated rings. The van der Waals surface area contributed by atoms with Gasteiger partial charge in [-0.15, -0.1) is 0 Å². The molecule has 0 radical (unpaired) electrons. The second kappa shape index (κ2) is 10.8. The molecule has 1 rings (SSSR count). The van der Waals surface area contributed by atoms with Crippen LogP contribution in [0.15, 0.2) is 24.3 Å². The van der Waals surface area contributed by atoms with E-state index >= 15 is 0 Å². The highest BCUT2D eigenvalue weighted by molar-refractivity contribution is 5.92. The second-order valence-corrected chi connectivity index (χ2v) is 6.07. The number of aliphatic carboxylic acids is 1. The molecule has 1 aromatic carbocycles. The quantitative estimate of drug-likeness (QED) is 0.225. The van der Waals surface area contributed by atoms with Crippen LogP contribution in [0.4, 0.5) is 0 Å². The van der Waals surface area contributed by atoms with Crippen molar-refractivity contribution in [3.05, 3.63) is 29.8 Å². The number of hydrogen-bond acceptors (Lipinski definition) is 7. The first-order valence-electron chi connectivity index (χ1n) is 8.38. The lowest BCUT2D eigenvalue weighted by Gasteiger charge is -2.18. The highest BCUT2D eigenvalue weighted by Gasteiger charge is 2.23. The number of amides is 3. The normalized spacial score (nSPS) is 13.7. The highest BCUT2D eigenvalue weighted by atomic mass is 16.4. The van der Waals surface area contributed by atoms with Crippen LogP contribution in [0.1, 0.15) is 12.5 Å². The Hall–Kier alpha value is -3.18. The standard InChI is InChI=1S/C17H24N4O7/c1-9(15(25)21-13(8-22)17(27)28)20-14(24)7-19-16(26)12(18)6-10-2-4-11(23)5-3-10/h2-5,9,12-13,22-23H,6-8,18H2,1H3,(H,19,26)(H,20,24)(H,21,25)(H,27,28)/t9-,12-,13-/m0/s1. The molecule has 0 aliphatic heterocycles. The van der Waals surface area contributed by atoms with Gasteiger partial charge in [-0.2, -0.15) is 0 Å². The number of aliphatic hydroxyl groups excluding tert-OH is 1. The fourth-order valence-electron chi connectivity index (χ4n) is 2.12. The zero-order valence-corrected chi connectivity index (χ0v) is 15.2. The van der Waals surface area contributed by atoms with Crippen molar-refractivity contribution in [1.29, 1.82) is 0 Å². The lowest BCUT2D eigenvalue weighted by Crippen LogP contribution is -2.53. The van der Waals surface area contributed by atoms with Crippen molar-refractivity contribution in [3.63, 3.8) is 0 Å². The molecule has 11 heteroatoms. The maximum absolute atomic E-state index is 12.0. The van der Waals surface area contributed by atoms with Gasteiger partial charge in [0, 0.05) is 0 Å². The predicted octanol–water partition coefficient (Wildman–Crippen LogP) is -2.56. The van der Waals surface area contributed by atoms with E-state index in [9.17, 15) is 24.3 Å². The van der Waals surface area contributed by atoms with E-state index in [0.29, 0.717) is 0 Å². The Balaban J connectivity index is 2.41. The average molecular weight is 396 g/mol. The van der Waals surface area contributed by atoms with Gasteiger partial charge in [0.1, 0.15) is 17.8 Å². The number of aliphatic hydroxyl groups is 1. The summed E-state index contributed by atoms with van der Waals surface area (Å²) in [5.74, 6) is -3.38. The summed E-state index contributed by atoms with van der Waals surface area (Å²) in [6.07, 6.45) is 0.199. The third-order valence-corrected chi connectivity index (χ3v) is 3.72. The molecule has 0 spiro atoms. The van der Waals surface area contributed by atoms with Crippen molar-refractivity contribution in [2.45, 2.75) is 31.5 Å². The van der Waals surface area contributed by atoms with Crippen LogP contribution in [0.2, 0.25) is 0 Å². The number of aromatic hydroxyl groups is 1. The molecule has 0 unspecified atom stereocenters. The molecule has 3 amide bonds. The molecule has 11 nitrogen and oxygen atoms in total. The van der Waals surface area contributed by atoms with E-state index < -0.39 is 55.0 Å². The van der Waals surface area contributed by atoms with Gasteiger partial charge in [0.25, 0.3) is 0 Å². The highest BCUT2D eigenvalue weighted by Crippen LogP contribution is 2.10. The van der Waals surface area contributed by atoms with Gasteiger partial charge in [0.2, 0.25) is 17.7 Å². The van der Waals surface area contributed by atoms with Crippen molar-refractivity contribution in [2.24, 2.45) is 5.73 Å². The third-order valence-electron chi connectivity index (χ3n) is 3.72. The first kappa shape index (κ1) is 22.9.